The van der Waals surface area contributed by atoms with Gasteiger partial charge in [0.25, 0.3) is 0 Å². The fraction of sp³-hybridized carbons (Fsp3) is 0.500. The van der Waals surface area contributed by atoms with Gasteiger partial charge in [-0.15, -0.1) is 0 Å². The van der Waals surface area contributed by atoms with E-state index in [-0.39, 0.29) is 0 Å². The van der Waals surface area contributed by atoms with Crippen molar-refractivity contribution in [2.24, 2.45) is 5.92 Å². The lowest BCUT2D eigenvalue weighted by molar-refractivity contribution is 0.293. The molecule has 6 nitrogen and oxygen atoms in total. The van der Waals surface area contributed by atoms with Gasteiger partial charge in [0.15, 0.2) is 0 Å². The molecule has 0 saturated heterocycles. The van der Waals surface area contributed by atoms with Crippen LogP contribution in [0, 0.1) is 12.8 Å². The Hall–Kier alpha value is -2.24. The highest BCUT2D eigenvalue weighted by atomic mass is 15.5. The van der Waals surface area contributed by atoms with Crippen molar-refractivity contribution in [1.82, 2.24) is 29.9 Å². The second kappa shape index (κ2) is 5.51. The van der Waals surface area contributed by atoms with Gasteiger partial charge in [-0.2, -0.15) is 15.0 Å². The molecule has 3 aromatic heterocycles. The van der Waals surface area contributed by atoms with Crippen molar-refractivity contribution >= 4 is 11.0 Å². The van der Waals surface area contributed by atoms with E-state index in [2.05, 4.69) is 20.1 Å². The van der Waals surface area contributed by atoms with Crippen LogP contribution in [0.25, 0.3) is 22.4 Å². The maximum atomic E-state index is 4.71. The molecule has 0 bridgehead atoms. The first-order valence-electron chi connectivity index (χ1n) is 8.01. The van der Waals surface area contributed by atoms with Crippen LogP contribution in [0.4, 0.5) is 0 Å². The molecule has 0 amide bonds. The lowest BCUT2D eigenvalue weighted by atomic mass is 9.89. The van der Waals surface area contributed by atoms with Crippen LogP contribution in [-0.2, 0) is 6.54 Å². The molecular weight excluding hydrogens is 276 g/mol. The summed E-state index contributed by atoms with van der Waals surface area (Å²) in [6.07, 6.45) is 10.1. The second-order valence-corrected chi connectivity index (χ2v) is 6.16. The van der Waals surface area contributed by atoms with E-state index in [1.54, 1.807) is 6.33 Å². The molecule has 0 unspecified atom stereocenters. The van der Waals surface area contributed by atoms with Gasteiger partial charge >= 0.3 is 0 Å². The van der Waals surface area contributed by atoms with E-state index < -0.39 is 0 Å². The molecule has 0 atom stereocenters. The molecule has 1 fully saturated rings. The number of aryl methyl sites for hydroxylation is 1. The topological polar surface area (TPSA) is 72.3 Å². The van der Waals surface area contributed by atoms with Crippen LogP contribution in [-0.4, -0.2) is 29.9 Å². The highest BCUT2D eigenvalue weighted by Gasteiger charge is 2.18. The first-order valence-corrected chi connectivity index (χ1v) is 8.01. The number of nitrogens with zero attached hydrogens (tertiary/aromatic N) is 5. The number of H-pyrrole nitrogens is 1. The second-order valence-electron chi connectivity index (χ2n) is 6.16. The Morgan fingerprint density at radius 1 is 1.14 bits per heavy atom. The summed E-state index contributed by atoms with van der Waals surface area (Å²) in [5, 5.41) is 10.3. The highest BCUT2D eigenvalue weighted by molar-refractivity contribution is 5.89. The smallest absolute Gasteiger partial charge is 0.141 e. The molecule has 1 aliphatic rings. The summed E-state index contributed by atoms with van der Waals surface area (Å²) in [5.74, 6) is 0.714. The lowest BCUT2D eigenvalue weighted by Gasteiger charge is -2.20. The molecule has 22 heavy (non-hydrogen) atoms. The fourth-order valence-electron chi connectivity index (χ4n) is 3.39. The third kappa shape index (κ3) is 2.38. The minimum atomic E-state index is 0.714. The minimum Gasteiger partial charge on any atom is -0.346 e. The monoisotopic (exact) mass is 296 g/mol. The Balaban J connectivity index is 1.66. The van der Waals surface area contributed by atoms with Crippen LogP contribution in [0.5, 0.6) is 0 Å². The summed E-state index contributed by atoms with van der Waals surface area (Å²) >= 11 is 0. The largest absolute Gasteiger partial charge is 0.346 e. The number of hydrogen-bond acceptors (Lipinski definition) is 4. The van der Waals surface area contributed by atoms with Crippen molar-refractivity contribution < 1.29 is 0 Å². The van der Waals surface area contributed by atoms with Gasteiger partial charge < -0.3 is 4.98 Å². The van der Waals surface area contributed by atoms with Gasteiger partial charge in [-0.3, -0.25) is 0 Å². The van der Waals surface area contributed by atoms with Gasteiger partial charge in [-0.05, 0) is 31.7 Å². The van der Waals surface area contributed by atoms with Crippen molar-refractivity contribution in [2.75, 3.05) is 0 Å². The van der Waals surface area contributed by atoms with Crippen molar-refractivity contribution in [3.05, 3.63) is 24.3 Å². The van der Waals surface area contributed by atoms with Crippen LogP contribution in [0.1, 0.15) is 37.8 Å². The van der Waals surface area contributed by atoms with Gasteiger partial charge in [-0.25, -0.2) is 9.97 Å². The standard InChI is InChI=1S/C16H20N6/c1-11-14(15-13-7-8-17-16(13)19-10-18-15)21-22(20-11)9-12-5-3-2-4-6-12/h7-8,10,12H,2-6,9H2,1H3,(H,17,18,19). The molecule has 0 aliphatic heterocycles. The predicted molar refractivity (Wildman–Crippen MR) is 84.2 cm³/mol. The van der Waals surface area contributed by atoms with Crippen molar-refractivity contribution in [3.63, 3.8) is 0 Å². The van der Waals surface area contributed by atoms with E-state index in [1.165, 1.54) is 32.1 Å². The molecule has 0 radical (unpaired) electrons. The van der Waals surface area contributed by atoms with Crippen LogP contribution in [0.3, 0.4) is 0 Å². The molecule has 3 aromatic rings. The van der Waals surface area contributed by atoms with Crippen LogP contribution >= 0.6 is 0 Å². The Morgan fingerprint density at radius 3 is 2.86 bits per heavy atom. The molecule has 4 rings (SSSR count). The molecular formula is C16H20N6. The molecule has 1 N–H and O–H groups in total. The first kappa shape index (κ1) is 13.4. The molecule has 114 valence electrons. The van der Waals surface area contributed by atoms with E-state index in [1.807, 2.05) is 24.0 Å². The average molecular weight is 296 g/mol. The van der Waals surface area contributed by atoms with Gasteiger partial charge in [-0.1, -0.05) is 19.3 Å². The zero-order chi connectivity index (χ0) is 14.9. The number of aromatic nitrogens is 6. The Kier molecular flexibility index (Phi) is 3.36. The van der Waals surface area contributed by atoms with Crippen molar-refractivity contribution in [2.45, 2.75) is 45.6 Å². The minimum absolute atomic E-state index is 0.714. The third-order valence-corrected chi connectivity index (χ3v) is 4.55. The highest BCUT2D eigenvalue weighted by Crippen LogP contribution is 2.27. The quantitative estimate of drug-likeness (QED) is 0.806. The summed E-state index contributed by atoms with van der Waals surface area (Å²) in [6, 6.07) is 1.99. The summed E-state index contributed by atoms with van der Waals surface area (Å²) in [6.45, 7) is 2.92. The third-order valence-electron chi connectivity index (χ3n) is 4.55. The maximum Gasteiger partial charge on any atom is 0.141 e. The van der Waals surface area contributed by atoms with Crippen LogP contribution in [0.15, 0.2) is 18.6 Å². The zero-order valence-corrected chi connectivity index (χ0v) is 12.8. The van der Waals surface area contributed by atoms with E-state index >= 15 is 0 Å². The van der Waals surface area contributed by atoms with Gasteiger partial charge in [0, 0.05) is 11.6 Å². The Labute approximate surface area is 129 Å². The number of rotatable bonds is 3. The Morgan fingerprint density at radius 2 is 2.00 bits per heavy atom. The van der Waals surface area contributed by atoms with E-state index in [0.717, 1.165) is 34.7 Å². The van der Waals surface area contributed by atoms with Crippen molar-refractivity contribution in [1.29, 1.82) is 0 Å². The van der Waals surface area contributed by atoms with Crippen molar-refractivity contribution in [3.8, 4) is 11.4 Å². The first-order chi connectivity index (χ1) is 10.8. The van der Waals surface area contributed by atoms with Crippen LogP contribution < -0.4 is 0 Å². The summed E-state index contributed by atoms with van der Waals surface area (Å²) in [7, 11) is 0. The van der Waals surface area contributed by atoms with Gasteiger partial charge in [0.05, 0.1) is 12.2 Å². The molecule has 0 aromatic carbocycles. The number of aromatic amines is 1. The summed E-state index contributed by atoms with van der Waals surface area (Å²) < 4.78 is 0. The van der Waals surface area contributed by atoms with E-state index in [9.17, 15) is 0 Å². The van der Waals surface area contributed by atoms with E-state index in [0.29, 0.717) is 5.92 Å². The molecule has 1 saturated carbocycles. The fourth-order valence-corrected chi connectivity index (χ4v) is 3.39. The number of fused-ring (bicyclic) bond motifs is 1. The summed E-state index contributed by atoms with van der Waals surface area (Å²) in [5.41, 5.74) is 3.49. The number of hydrogen-bond donors (Lipinski definition) is 1. The molecule has 0 spiro atoms. The Bertz CT molecular complexity index is 781. The zero-order valence-electron chi connectivity index (χ0n) is 12.8. The molecule has 1 aliphatic carbocycles. The van der Waals surface area contributed by atoms with Gasteiger partial charge in [0.1, 0.15) is 23.4 Å². The molecule has 3 heterocycles. The average Bonchev–Trinajstić information content (AvgIpc) is 3.14. The van der Waals surface area contributed by atoms with Gasteiger partial charge in [0.2, 0.25) is 0 Å². The maximum absolute atomic E-state index is 4.71. The predicted octanol–water partition coefficient (Wildman–Crippen LogP) is 3.11. The number of nitrogens with one attached hydrogen (secondary N) is 1. The summed E-state index contributed by atoms with van der Waals surface area (Å²) in [4.78, 5) is 13.6. The lowest BCUT2D eigenvalue weighted by Crippen LogP contribution is -2.16. The SMILES string of the molecule is Cc1nn(CC2CCCCC2)nc1-c1ncnc2[nH]ccc12. The van der Waals surface area contributed by atoms with Crippen LogP contribution in [0.2, 0.25) is 0 Å². The normalized spacial score (nSPS) is 16.4. The van der Waals surface area contributed by atoms with E-state index in [4.69, 9.17) is 5.10 Å². The molecule has 6 heteroatoms.